The van der Waals surface area contributed by atoms with E-state index in [1.807, 2.05) is 4.90 Å². The first-order chi connectivity index (χ1) is 9.99. The molecule has 0 spiro atoms. The van der Waals surface area contributed by atoms with Crippen LogP contribution in [0.25, 0.3) is 0 Å². The van der Waals surface area contributed by atoms with Crippen LogP contribution in [-0.2, 0) is 0 Å². The number of furan rings is 1. The molecular formula is C16H23NO4. The fraction of sp³-hybridized carbons (Fsp3) is 0.625. The number of carboxylic acids is 1. The summed E-state index contributed by atoms with van der Waals surface area (Å²) < 4.78 is 5.16. The molecule has 0 unspecified atom stereocenters. The van der Waals surface area contributed by atoms with Gasteiger partial charge in [-0.25, -0.2) is 4.79 Å². The lowest BCUT2D eigenvalue weighted by Gasteiger charge is -2.29. The van der Waals surface area contributed by atoms with Gasteiger partial charge in [0.1, 0.15) is 6.26 Å². The summed E-state index contributed by atoms with van der Waals surface area (Å²) in [5.74, 6) is -0.613. The molecule has 0 aromatic carbocycles. The molecule has 0 saturated heterocycles. The van der Waals surface area contributed by atoms with Gasteiger partial charge < -0.3 is 14.4 Å². The van der Waals surface area contributed by atoms with E-state index >= 15 is 0 Å². The molecule has 1 aromatic rings. The number of rotatable bonds is 6. The Morgan fingerprint density at radius 2 is 2.05 bits per heavy atom. The van der Waals surface area contributed by atoms with Gasteiger partial charge in [0.15, 0.2) is 5.76 Å². The largest absolute Gasteiger partial charge is 0.478 e. The van der Waals surface area contributed by atoms with E-state index < -0.39 is 5.97 Å². The molecule has 1 aliphatic rings. The van der Waals surface area contributed by atoms with Crippen molar-refractivity contribution in [3.63, 3.8) is 0 Å². The minimum atomic E-state index is -1.08. The summed E-state index contributed by atoms with van der Waals surface area (Å²) in [5.41, 5.74) is 0.0218. The second-order valence-electron chi connectivity index (χ2n) is 6.12. The molecule has 5 heteroatoms. The van der Waals surface area contributed by atoms with Gasteiger partial charge in [0.2, 0.25) is 0 Å². The van der Waals surface area contributed by atoms with E-state index in [4.69, 9.17) is 9.52 Å². The summed E-state index contributed by atoms with van der Waals surface area (Å²) in [7, 11) is 0. The highest BCUT2D eigenvalue weighted by Gasteiger charge is 2.29. The molecule has 21 heavy (non-hydrogen) atoms. The number of carbonyl (C=O) groups is 2. The third kappa shape index (κ3) is 3.86. The Morgan fingerprint density at radius 1 is 1.38 bits per heavy atom. The number of nitrogens with zero attached hydrogens (tertiary/aromatic N) is 1. The Kier molecular flexibility index (Phi) is 5.04. The van der Waals surface area contributed by atoms with Crippen LogP contribution in [0.5, 0.6) is 0 Å². The maximum Gasteiger partial charge on any atom is 0.338 e. The number of aromatic carboxylic acids is 1. The van der Waals surface area contributed by atoms with Crippen LogP contribution >= 0.6 is 0 Å². The van der Waals surface area contributed by atoms with Crippen molar-refractivity contribution >= 4 is 11.9 Å². The maximum absolute atomic E-state index is 12.6. The summed E-state index contributed by atoms with van der Waals surface area (Å²) >= 11 is 0. The molecular weight excluding hydrogens is 270 g/mol. The zero-order valence-electron chi connectivity index (χ0n) is 12.7. The highest BCUT2D eigenvalue weighted by Crippen LogP contribution is 2.26. The van der Waals surface area contributed by atoms with Gasteiger partial charge in [-0.3, -0.25) is 4.79 Å². The SMILES string of the molecule is CC(C)CCN(C(=O)c1cc(C(=O)O)co1)C1CCCC1. The van der Waals surface area contributed by atoms with Crippen LogP contribution in [0.3, 0.4) is 0 Å². The van der Waals surface area contributed by atoms with Crippen molar-refractivity contribution < 1.29 is 19.1 Å². The number of amides is 1. The van der Waals surface area contributed by atoms with Crippen molar-refractivity contribution in [3.05, 3.63) is 23.7 Å². The monoisotopic (exact) mass is 293 g/mol. The van der Waals surface area contributed by atoms with Crippen molar-refractivity contribution in [2.24, 2.45) is 5.92 Å². The standard InChI is InChI=1S/C16H23NO4/c1-11(2)7-8-17(13-5-3-4-6-13)15(18)14-9-12(10-21-14)16(19)20/h9-11,13H,3-8H2,1-2H3,(H,19,20). The highest BCUT2D eigenvalue weighted by molar-refractivity contribution is 5.95. The van der Waals surface area contributed by atoms with Gasteiger partial charge in [0.05, 0.1) is 5.56 Å². The smallest absolute Gasteiger partial charge is 0.338 e. The third-order valence-corrected chi connectivity index (χ3v) is 4.03. The second-order valence-corrected chi connectivity index (χ2v) is 6.12. The summed E-state index contributed by atoms with van der Waals surface area (Å²) in [6.45, 7) is 4.96. The van der Waals surface area contributed by atoms with Gasteiger partial charge in [-0.2, -0.15) is 0 Å². The quantitative estimate of drug-likeness (QED) is 0.872. The van der Waals surface area contributed by atoms with Crippen molar-refractivity contribution in [2.45, 2.75) is 52.0 Å². The molecule has 1 N–H and O–H groups in total. The molecule has 0 bridgehead atoms. The van der Waals surface area contributed by atoms with E-state index in [0.29, 0.717) is 12.5 Å². The number of hydrogen-bond donors (Lipinski definition) is 1. The van der Waals surface area contributed by atoms with Gasteiger partial charge in [-0.15, -0.1) is 0 Å². The summed E-state index contributed by atoms with van der Waals surface area (Å²) in [5, 5.41) is 8.92. The van der Waals surface area contributed by atoms with Crippen LogP contribution in [0, 0.1) is 5.92 Å². The first-order valence-electron chi connectivity index (χ1n) is 7.62. The molecule has 116 valence electrons. The number of carbonyl (C=O) groups excluding carboxylic acids is 1. The first-order valence-corrected chi connectivity index (χ1v) is 7.62. The van der Waals surface area contributed by atoms with Crippen molar-refractivity contribution in [2.75, 3.05) is 6.54 Å². The lowest BCUT2D eigenvalue weighted by Crippen LogP contribution is -2.39. The summed E-state index contributed by atoms with van der Waals surface area (Å²) in [6.07, 6.45) is 6.41. The van der Waals surface area contributed by atoms with Crippen molar-refractivity contribution in [3.8, 4) is 0 Å². The average Bonchev–Trinajstić information content (AvgIpc) is 3.09. The molecule has 5 nitrogen and oxygen atoms in total. The zero-order valence-corrected chi connectivity index (χ0v) is 12.7. The molecule has 0 radical (unpaired) electrons. The minimum Gasteiger partial charge on any atom is -0.478 e. The van der Waals surface area contributed by atoms with Gasteiger partial charge in [-0.05, 0) is 25.2 Å². The molecule has 1 heterocycles. The van der Waals surface area contributed by atoms with E-state index in [9.17, 15) is 9.59 Å². The first kappa shape index (κ1) is 15.6. The topological polar surface area (TPSA) is 70.8 Å². The lowest BCUT2D eigenvalue weighted by molar-refractivity contribution is 0.0638. The van der Waals surface area contributed by atoms with Crippen LogP contribution in [0.2, 0.25) is 0 Å². The molecule has 1 amide bonds. The summed E-state index contributed by atoms with van der Waals surface area (Å²) in [4.78, 5) is 25.4. The second kappa shape index (κ2) is 6.78. The zero-order chi connectivity index (χ0) is 15.4. The van der Waals surface area contributed by atoms with Gasteiger partial charge >= 0.3 is 5.97 Å². The third-order valence-electron chi connectivity index (χ3n) is 4.03. The Morgan fingerprint density at radius 3 is 2.57 bits per heavy atom. The molecule has 1 aliphatic carbocycles. The van der Waals surface area contributed by atoms with Crippen molar-refractivity contribution in [1.29, 1.82) is 0 Å². The van der Waals surface area contributed by atoms with E-state index in [2.05, 4.69) is 13.8 Å². The maximum atomic E-state index is 12.6. The van der Waals surface area contributed by atoms with Gasteiger partial charge in [-0.1, -0.05) is 26.7 Å². The van der Waals surface area contributed by atoms with Crippen LogP contribution in [0.15, 0.2) is 16.7 Å². The normalized spacial score (nSPS) is 15.6. The average molecular weight is 293 g/mol. The van der Waals surface area contributed by atoms with Gasteiger partial charge in [0.25, 0.3) is 5.91 Å². The van der Waals surface area contributed by atoms with Crippen molar-refractivity contribution in [1.82, 2.24) is 4.90 Å². The van der Waals surface area contributed by atoms with Crippen LogP contribution in [0.4, 0.5) is 0 Å². The minimum absolute atomic E-state index is 0.0218. The number of hydrogen-bond acceptors (Lipinski definition) is 3. The predicted molar refractivity (Wildman–Crippen MR) is 78.4 cm³/mol. The Bertz CT molecular complexity index is 500. The molecule has 0 aliphatic heterocycles. The molecule has 1 fully saturated rings. The van der Waals surface area contributed by atoms with Crippen LogP contribution in [-0.4, -0.2) is 34.5 Å². The van der Waals surface area contributed by atoms with E-state index in [-0.39, 0.29) is 23.3 Å². The van der Waals surface area contributed by atoms with E-state index in [0.717, 1.165) is 38.4 Å². The Labute approximate surface area is 124 Å². The van der Waals surface area contributed by atoms with E-state index in [1.165, 1.54) is 6.07 Å². The highest BCUT2D eigenvalue weighted by atomic mass is 16.4. The fourth-order valence-electron chi connectivity index (χ4n) is 2.77. The summed E-state index contributed by atoms with van der Waals surface area (Å²) in [6, 6.07) is 1.58. The van der Waals surface area contributed by atoms with Crippen LogP contribution < -0.4 is 0 Å². The molecule has 2 rings (SSSR count). The molecule has 1 saturated carbocycles. The molecule has 1 aromatic heterocycles. The van der Waals surface area contributed by atoms with Gasteiger partial charge in [0, 0.05) is 18.7 Å². The lowest BCUT2D eigenvalue weighted by atomic mass is 10.1. The number of carboxylic acid groups (broad SMARTS) is 1. The van der Waals surface area contributed by atoms with E-state index in [1.54, 1.807) is 0 Å². The Balaban J connectivity index is 2.13. The predicted octanol–water partition coefficient (Wildman–Crippen LogP) is 3.41. The van der Waals surface area contributed by atoms with Crippen LogP contribution in [0.1, 0.15) is 66.9 Å². The fourth-order valence-corrected chi connectivity index (χ4v) is 2.77. The molecule has 0 atom stereocenters. The Hall–Kier alpha value is -1.78.